The summed E-state index contributed by atoms with van der Waals surface area (Å²) in [5.41, 5.74) is 13.1. The van der Waals surface area contributed by atoms with E-state index in [0.29, 0.717) is 22.1 Å². The smallest absolute Gasteiger partial charge is 0.405 e. The molecular weight excluding hydrogens is 666 g/mol. The van der Waals surface area contributed by atoms with E-state index in [-0.39, 0.29) is 28.9 Å². The lowest BCUT2D eigenvalue weighted by Crippen LogP contribution is -2.36. The van der Waals surface area contributed by atoms with Gasteiger partial charge in [0.25, 0.3) is 5.91 Å². The number of nitrogens with zero attached hydrogens (tertiary/aromatic N) is 1. The van der Waals surface area contributed by atoms with E-state index in [1.807, 2.05) is 30.3 Å². The largest absolute Gasteiger partial charge is 0.506 e. The molecule has 3 aromatic carbocycles. The summed E-state index contributed by atoms with van der Waals surface area (Å²) in [6.07, 6.45) is 3.36. The number of aliphatic hydroxyl groups is 1. The maximum Gasteiger partial charge on any atom is 0.405 e. The minimum Gasteiger partial charge on any atom is -0.506 e. The first-order valence-electron chi connectivity index (χ1n) is 16.8. The molecule has 1 aliphatic heterocycles. The van der Waals surface area contributed by atoms with Crippen molar-refractivity contribution in [2.45, 2.75) is 58.5 Å². The number of carbonyl (C=O) groups is 3. The number of aromatic hydroxyl groups is 2. The number of nitrogen functional groups attached to an aromatic ring is 1. The lowest BCUT2D eigenvalue weighted by Gasteiger charge is -2.28. The Morgan fingerprint density at radius 1 is 1.02 bits per heavy atom. The zero-order valence-corrected chi connectivity index (χ0v) is 30.2. The molecule has 0 saturated carbocycles. The van der Waals surface area contributed by atoms with E-state index in [4.69, 9.17) is 25.7 Å². The average Bonchev–Trinajstić information content (AvgIpc) is 3.12. The fourth-order valence-corrected chi connectivity index (χ4v) is 6.35. The van der Waals surface area contributed by atoms with Crippen LogP contribution in [0, 0.1) is 5.92 Å². The van der Waals surface area contributed by atoms with Gasteiger partial charge in [0.05, 0.1) is 30.1 Å². The van der Waals surface area contributed by atoms with Gasteiger partial charge in [0.15, 0.2) is 11.9 Å². The number of fused-ring (bicyclic) bond motifs is 3. The van der Waals surface area contributed by atoms with Gasteiger partial charge < -0.3 is 41.0 Å². The number of anilines is 2. The molecule has 7 N–H and O–H groups in total. The van der Waals surface area contributed by atoms with Crippen LogP contribution in [-0.4, -0.2) is 78.3 Å². The highest BCUT2D eigenvalue weighted by Gasteiger charge is 2.30. The maximum absolute atomic E-state index is 14.3. The second-order valence-corrected chi connectivity index (χ2v) is 13.0. The highest BCUT2D eigenvalue weighted by Crippen LogP contribution is 2.43. The van der Waals surface area contributed by atoms with Crippen LogP contribution < -0.4 is 16.4 Å². The second-order valence-electron chi connectivity index (χ2n) is 13.0. The van der Waals surface area contributed by atoms with Crippen LogP contribution in [0.15, 0.2) is 89.6 Å². The summed E-state index contributed by atoms with van der Waals surface area (Å²) in [6, 6.07) is 13.8. The Morgan fingerprint density at radius 3 is 2.38 bits per heavy atom. The summed E-state index contributed by atoms with van der Waals surface area (Å²) in [7, 11) is 2.87. The summed E-state index contributed by atoms with van der Waals surface area (Å²) in [6.45, 7) is 6.25. The molecule has 1 aliphatic rings. The van der Waals surface area contributed by atoms with Gasteiger partial charge >= 0.3 is 6.09 Å². The van der Waals surface area contributed by atoms with Crippen molar-refractivity contribution in [2.75, 3.05) is 31.4 Å². The highest BCUT2D eigenvalue weighted by atomic mass is 16.6. The number of rotatable bonds is 6. The van der Waals surface area contributed by atoms with Crippen molar-refractivity contribution in [1.82, 2.24) is 0 Å². The molecule has 0 unspecified atom stereocenters. The first-order valence-corrected chi connectivity index (χ1v) is 16.8. The van der Waals surface area contributed by atoms with Gasteiger partial charge in [-0.1, -0.05) is 79.3 Å². The summed E-state index contributed by atoms with van der Waals surface area (Å²) >= 11 is 0. The van der Waals surface area contributed by atoms with Gasteiger partial charge in [0.2, 0.25) is 0 Å². The van der Waals surface area contributed by atoms with Crippen LogP contribution in [0.25, 0.3) is 16.8 Å². The number of allylic oxidation sites excluding steroid dienone is 2. The first kappa shape index (κ1) is 39.4. The molecule has 0 aliphatic carbocycles. The standard InChI is InChI=1S/C40H47N3O9/c1-22-17-29-35(41)31(44)20-30(37(29)47)43(21-32(45)28-15-10-13-26-12-7-8-14-27(26)28)39(48)23(2)11-9-16-33(50-5)38(52-40(42)49)25(4)19-24(3)36(46)34(18-22)51-6/h7-17,19-20,24,33-34,36,38,44,46-47H,18,21,41H2,1-6H3,(H2,42,49)/t24-,33-,34+,36+,38-/m0/s1. The molecule has 0 spiro atoms. The van der Waals surface area contributed by atoms with E-state index in [1.165, 1.54) is 39.4 Å². The molecule has 52 heavy (non-hydrogen) atoms. The summed E-state index contributed by atoms with van der Waals surface area (Å²) in [4.78, 5) is 41.3. The third kappa shape index (κ3) is 8.89. The number of hydrogen-bond donors (Lipinski definition) is 5. The minimum atomic E-state index is -1.04. The van der Waals surface area contributed by atoms with E-state index in [1.54, 1.807) is 45.1 Å². The molecule has 4 rings (SSSR count). The van der Waals surface area contributed by atoms with Gasteiger partial charge in [0.1, 0.15) is 17.6 Å². The van der Waals surface area contributed by atoms with Gasteiger partial charge in [-0.2, -0.15) is 0 Å². The molecule has 1 heterocycles. The number of phenols is 2. The number of ketones is 1. The Balaban J connectivity index is 1.93. The number of nitrogens with two attached hydrogens (primary N) is 2. The number of ether oxygens (including phenoxy) is 3. The quantitative estimate of drug-likeness (QED) is 0.0686. The fraction of sp³-hybridized carbons (Fsp3) is 0.325. The Hall–Kier alpha value is -5.43. The topological polar surface area (TPSA) is 195 Å². The van der Waals surface area contributed by atoms with E-state index in [0.717, 1.165) is 16.4 Å². The number of benzene rings is 3. The van der Waals surface area contributed by atoms with Crippen LogP contribution >= 0.6 is 0 Å². The third-order valence-corrected chi connectivity index (χ3v) is 9.17. The Bertz CT molecular complexity index is 1940. The van der Waals surface area contributed by atoms with Gasteiger partial charge in [-0.25, -0.2) is 4.79 Å². The molecule has 0 aromatic heterocycles. The molecule has 0 saturated heterocycles. The SMILES string of the molecule is CO[C@H]1C=CC=C(C)C(=O)N(CC(=O)c2cccc3ccccc23)c2cc(O)c(N)c(c2O)C=C(C)C[C@@H](OC)[C@H](O)[C@@H](C)C=C(C)[C@@H]1OC(N)=O. The normalized spacial score (nSPS) is 22.1. The highest BCUT2D eigenvalue weighted by molar-refractivity contribution is 6.15. The Kier molecular flexibility index (Phi) is 13.0. The summed E-state index contributed by atoms with van der Waals surface area (Å²) in [5, 5.41) is 35.6. The molecule has 12 nitrogen and oxygen atoms in total. The number of hydrogen-bond acceptors (Lipinski definition) is 10. The third-order valence-electron chi connectivity index (χ3n) is 9.17. The summed E-state index contributed by atoms with van der Waals surface area (Å²) < 4.78 is 16.7. The predicted molar refractivity (Wildman–Crippen MR) is 201 cm³/mol. The van der Waals surface area contributed by atoms with Crippen LogP contribution in [0.1, 0.15) is 50.0 Å². The van der Waals surface area contributed by atoms with Crippen molar-refractivity contribution in [2.24, 2.45) is 11.7 Å². The number of amides is 2. The number of carbonyl (C=O) groups excluding carboxylic acids is 3. The van der Waals surface area contributed by atoms with Crippen molar-refractivity contribution in [3.05, 3.63) is 101 Å². The van der Waals surface area contributed by atoms with Gasteiger partial charge in [0, 0.05) is 42.9 Å². The van der Waals surface area contributed by atoms with Crippen LogP contribution in [0.4, 0.5) is 16.2 Å². The fourth-order valence-electron chi connectivity index (χ4n) is 6.35. The van der Waals surface area contributed by atoms with Crippen molar-refractivity contribution in [1.29, 1.82) is 0 Å². The number of methoxy groups -OCH3 is 2. The molecule has 12 heteroatoms. The molecule has 0 fully saturated rings. The molecule has 2 bridgehead atoms. The Morgan fingerprint density at radius 2 is 1.71 bits per heavy atom. The number of phenolic OH excluding ortho intramolecular Hbond substituents is 2. The van der Waals surface area contributed by atoms with Gasteiger partial charge in [-0.3, -0.25) is 14.5 Å². The van der Waals surface area contributed by atoms with Crippen LogP contribution in [0.2, 0.25) is 0 Å². The second kappa shape index (κ2) is 17.2. The van der Waals surface area contributed by atoms with E-state index in [2.05, 4.69) is 0 Å². The minimum absolute atomic E-state index is 0.0184. The summed E-state index contributed by atoms with van der Waals surface area (Å²) in [5.74, 6) is -2.44. The molecule has 5 atom stereocenters. The lowest BCUT2D eigenvalue weighted by atomic mass is 9.91. The predicted octanol–water partition coefficient (Wildman–Crippen LogP) is 5.80. The van der Waals surface area contributed by atoms with Crippen molar-refractivity contribution in [3.8, 4) is 11.5 Å². The van der Waals surface area contributed by atoms with Crippen LogP contribution in [0.5, 0.6) is 11.5 Å². The van der Waals surface area contributed by atoms with Crippen molar-refractivity contribution in [3.63, 3.8) is 0 Å². The first-order chi connectivity index (χ1) is 24.7. The van der Waals surface area contributed by atoms with E-state index in [9.17, 15) is 29.7 Å². The van der Waals surface area contributed by atoms with Crippen molar-refractivity contribution < 1.29 is 43.9 Å². The van der Waals surface area contributed by atoms with E-state index >= 15 is 0 Å². The zero-order valence-electron chi connectivity index (χ0n) is 30.2. The lowest BCUT2D eigenvalue weighted by molar-refractivity contribution is -0.115. The molecule has 0 radical (unpaired) electrons. The number of aliphatic hydroxyl groups excluding tert-OH is 1. The van der Waals surface area contributed by atoms with Gasteiger partial charge in [-0.15, -0.1) is 0 Å². The average molecular weight is 714 g/mol. The maximum atomic E-state index is 14.3. The molecule has 2 amide bonds. The zero-order chi connectivity index (χ0) is 38.3. The Labute approximate surface area is 303 Å². The van der Waals surface area contributed by atoms with Gasteiger partial charge in [-0.05, 0) is 49.6 Å². The van der Waals surface area contributed by atoms with Crippen LogP contribution in [-0.2, 0) is 19.0 Å². The van der Waals surface area contributed by atoms with Crippen LogP contribution in [0.3, 0.4) is 0 Å². The van der Waals surface area contributed by atoms with E-state index < -0.39 is 66.2 Å². The molecule has 3 aromatic rings. The van der Waals surface area contributed by atoms with Crippen molar-refractivity contribution >= 4 is 46.0 Å². The molecule has 276 valence electrons. The monoisotopic (exact) mass is 713 g/mol. The number of primary amides is 1. The number of Topliss-reactive ketones (excluding diaryl/α,β-unsaturated/α-hetero) is 1. The molecular formula is C40H47N3O9.